The molecule has 4 heteroatoms. The van der Waals surface area contributed by atoms with Gasteiger partial charge in [-0.15, -0.1) is 11.3 Å². The van der Waals surface area contributed by atoms with Gasteiger partial charge in [0.15, 0.2) is 0 Å². The summed E-state index contributed by atoms with van der Waals surface area (Å²) in [4.78, 5) is 14.0. The highest BCUT2D eigenvalue weighted by atomic mass is 32.1. The second-order valence-electron chi connectivity index (χ2n) is 4.54. The molecule has 2 rings (SSSR count). The van der Waals surface area contributed by atoms with Crippen molar-refractivity contribution in [3.63, 3.8) is 0 Å². The molecule has 17 heavy (non-hydrogen) atoms. The highest BCUT2D eigenvalue weighted by Gasteiger charge is 2.17. The Morgan fingerprint density at radius 3 is 3.00 bits per heavy atom. The number of carbonyl (C=O) groups is 1. The first-order valence-corrected chi connectivity index (χ1v) is 7.10. The monoisotopic (exact) mass is 253 g/mol. The van der Waals surface area contributed by atoms with E-state index in [1.807, 2.05) is 13.0 Å². The minimum Gasteiger partial charge on any atom is -0.391 e. The molecule has 0 fully saturated rings. The minimum absolute atomic E-state index is 0.0445. The first kappa shape index (κ1) is 12.6. The van der Waals surface area contributed by atoms with Gasteiger partial charge in [0.2, 0.25) is 0 Å². The molecule has 1 aromatic heterocycles. The molecule has 0 spiro atoms. The van der Waals surface area contributed by atoms with Crippen molar-refractivity contribution in [1.29, 1.82) is 0 Å². The van der Waals surface area contributed by atoms with Gasteiger partial charge in [0.05, 0.1) is 11.0 Å². The Bertz CT molecular complexity index is 377. The summed E-state index contributed by atoms with van der Waals surface area (Å²) in [7, 11) is 0. The van der Waals surface area contributed by atoms with Gasteiger partial charge in [-0.25, -0.2) is 0 Å². The normalized spacial score (nSPS) is 16.4. The molecule has 1 atom stereocenters. The van der Waals surface area contributed by atoms with Crippen LogP contribution < -0.4 is 5.32 Å². The van der Waals surface area contributed by atoms with Crippen molar-refractivity contribution in [2.45, 2.75) is 45.1 Å². The fourth-order valence-corrected chi connectivity index (χ4v) is 3.21. The van der Waals surface area contributed by atoms with E-state index in [4.69, 9.17) is 0 Å². The number of thiophene rings is 1. The highest BCUT2D eigenvalue weighted by Crippen LogP contribution is 2.29. The van der Waals surface area contributed by atoms with E-state index in [2.05, 4.69) is 5.32 Å². The fourth-order valence-electron chi connectivity index (χ4n) is 2.04. The van der Waals surface area contributed by atoms with E-state index in [0.29, 0.717) is 13.0 Å². The van der Waals surface area contributed by atoms with Gasteiger partial charge < -0.3 is 10.4 Å². The number of hydrogen-bond donors (Lipinski definition) is 2. The van der Waals surface area contributed by atoms with Gasteiger partial charge in [-0.1, -0.05) is 6.92 Å². The summed E-state index contributed by atoms with van der Waals surface area (Å²) in [6.45, 7) is 2.25. The molecule has 0 aliphatic heterocycles. The maximum atomic E-state index is 11.9. The average molecular weight is 253 g/mol. The fraction of sp³-hybridized carbons (Fsp3) is 0.615. The zero-order valence-electron chi connectivity index (χ0n) is 10.2. The molecule has 3 nitrogen and oxygen atoms in total. The molecular weight excluding hydrogens is 234 g/mol. The van der Waals surface area contributed by atoms with Crippen molar-refractivity contribution in [1.82, 2.24) is 5.32 Å². The van der Waals surface area contributed by atoms with Crippen LogP contribution in [0, 0.1) is 0 Å². The Balaban J connectivity index is 1.97. The number of aliphatic hydroxyl groups excluding tert-OH is 1. The highest BCUT2D eigenvalue weighted by molar-refractivity contribution is 7.14. The van der Waals surface area contributed by atoms with Gasteiger partial charge >= 0.3 is 0 Å². The van der Waals surface area contributed by atoms with E-state index in [-0.39, 0.29) is 5.91 Å². The Morgan fingerprint density at radius 1 is 1.53 bits per heavy atom. The van der Waals surface area contributed by atoms with E-state index < -0.39 is 6.10 Å². The summed E-state index contributed by atoms with van der Waals surface area (Å²) >= 11 is 1.61. The summed E-state index contributed by atoms with van der Waals surface area (Å²) in [6.07, 6.45) is 4.93. The van der Waals surface area contributed by atoms with Crippen LogP contribution in [0.2, 0.25) is 0 Å². The first-order chi connectivity index (χ1) is 8.20. The van der Waals surface area contributed by atoms with Gasteiger partial charge in [0.1, 0.15) is 0 Å². The summed E-state index contributed by atoms with van der Waals surface area (Å²) in [5.41, 5.74) is 1.35. The molecule has 1 unspecified atom stereocenters. The lowest BCUT2D eigenvalue weighted by Gasteiger charge is -2.08. The van der Waals surface area contributed by atoms with Crippen LogP contribution in [-0.4, -0.2) is 23.7 Å². The van der Waals surface area contributed by atoms with Crippen molar-refractivity contribution >= 4 is 17.2 Å². The topological polar surface area (TPSA) is 49.3 Å². The number of fused-ring (bicyclic) bond motifs is 1. The molecule has 2 N–H and O–H groups in total. The Kier molecular flexibility index (Phi) is 4.18. The zero-order chi connectivity index (χ0) is 12.3. The smallest absolute Gasteiger partial charge is 0.261 e. The van der Waals surface area contributed by atoms with E-state index in [1.165, 1.54) is 23.3 Å². The van der Waals surface area contributed by atoms with Crippen molar-refractivity contribution in [2.75, 3.05) is 6.54 Å². The third-order valence-corrected chi connectivity index (χ3v) is 4.43. The molecule has 1 aliphatic carbocycles. The second-order valence-corrected chi connectivity index (χ2v) is 5.68. The third-order valence-electron chi connectivity index (χ3n) is 3.19. The molecule has 94 valence electrons. The summed E-state index contributed by atoms with van der Waals surface area (Å²) in [5, 5.41) is 12.2. The van der Waals surface area contributed by atoms with Gasteiger partial charge in [-0.3, -0.25) is 4.79 Å². The second kappa shape index (κ2) is 5.65. The SMILES string of the molecule is CCC(O)CNC(=O)c1cc2c(s1)CCCC2. The molecular formula is C13H19NO2S. The predicted molar refractivity (Wildman–Crippen MR) is 69.6 cm³/mol. The quantitative estimate of drug-likeness (QED) is 0.863. The molecule has 1 amide bonds. The summed E-state index contributed by atoms with van der Waals surface area (Å²) < 4.78 is 0. The number of hydrogen-bond acceptors (Lipinski definition) is 3. The van der Waals surface area contributed by atoms with E-state index in [1.54, 1.807) is 11.3 Å². The lowest BCUT2D eigenvalue weighted by atomic mass is 9.99. The van der Waals surface area contributed by atoms with E-state index in [0.717, 1.165) is 17.7 Å². The van der Waals surface area contributed by atoms with Crippen LogP contribution in [0.25, 0.3) is 0 Å². The molecule has 0 bridgehead atoms. The van der Waals surface area contributed by atoms with Crippen LogP contribution in [0.3, 0.4) is 0 Å². The van der Waals surface area contributed by atoms with Crippen molar-refractivity contribution in [2.24, 2.45) is 0 Å². The molecule has 1 aromatic rings. The number of carbonyl (C=O) groups excluding carboxylic acids is 1. The molecule has 0 radical (unpaired) electrons. The van der Waals surface area contributed by atoms with Crippen molar-refractivity contribution < 1.29 is 9.90 Å². The molecule has 1 aliphatic rings. The standard InChI is InChI=1S/C13H19NO2S/c1-2-10(15)8-14-13(16)12-7-9-5-3-4-6-11(9)17-12/h7,10,15H,2-6,8H2,1H3,(H,14,16). The van der Waals surface area contributed by atoms with Crippen LogP contribution in [0.5, 0.6) is 0 Å². The maximum absolute atomic E-state index is 11.9. The number of rotatable bonds is 4. The molecule has 0 saturated carbocycles. The lowest BCUT2D eigenvalue weighted by molar-refractivity contribution is 0.0918. The Labute approximate surface area is 106 Å². The van der Waals surface area contributed by atoms with Crippen LogP contribution >= 0.6 is 11.3 Å². The van der Waals surface area contributed by atoms with Gasteiger partial charge in [-0.05, 0) is 43.7 Å². The van der Waals surface area contributed by atoms with Crippen LogP contribution in [0.15, 0.2) is 6.07 Å². The van der Waals surface area contributed by atoms with Crippen molar-refractivity contribution in [3.05, 3.63) is 21.4 Å². The molecule has 0 saturated heterocycles. The first-order valence-electron chi connectivity index (χ1n) is 6.28. The average Bonchev–Trinajstić information content (AvgIpc) is 2.79. The van der Waals surface area contributed by atoms with Crippen LogP contribution in [-0.2, 0) is 12.8 Å². The van der Waals surface area contributed by atoms with Crippen LogP contribution in [0.4, 0.5) is 0 Å². The van der Waals surface area contributed by atoms with Crippen molar-refractivity contribution in [3.8, 4) is 0 Å². The van der Waals surface area contributed by atoms with E-state index in [9.17, 15) is 9.90 Å². The largest absolute Gasteiger partial charge is 0.391 e. The van der Waals surface area contributed by atoms with Crippen LogP contribution in [0.1, 0.15) is 46.3 Å². The number of aliphatic hydroxyl groups is 1. The summed E-state index contributed by atoms with van der Waals surface area (Å²) in [6, 6.07) is 2.02. The molecule has 1 heterocycles. The number of amides is 1. The molecule has 0 aromatic carbocycles. The Hall–Kier alpha value is -0.870. The lowest BCUT2D eigenvalue weighted by Crippen LogP contribution is -2.31. The maximum Gasteiger partial charge on any atom is 0.261 e. The van der Waals surface area contributed by atoms with Gasteiger partial charge in [-0.2, -0.15) is 0 Å². The minimum atomic E-state index is -0.437. The van der Waals surface area contributed by atoms with E-state index >= 15 is 0 Å². The number of nitrogens with one attached hydrogen (secondary N) is 1. The van der Waals surface area contributed by atoms with Gasteiger partial charge in [0, 0.05) is 11.4 Å². The third kappa shape index (κ3) is 3.07. The van der Waals surface area contributed by atoms with Gasteiger partial charge in [0.25, 0.3) is 5.91 Å². The number of aryl methyl sites for hydroxylation is 2. The summed E-state index contributed by atoms with van der Waals surface area (Å²) in [5.74, 6) is -0.0445. The Morgan fingerprint density at radius 2 is 2.29 bits per heavy atom. The predicted octanol–water partition coefficient (Wildman–Crippen LogP) is 2.13. The zero-order valence-corrected chi connectivity index (χ0v) is 11.0.